The third-order valence-electron chi connectivity index (χ3n) is 3.74. The van der Waals surface area contributed by atoms with E-state index >= 15 is 0 Å². The van der Waals surface area contributed by atoms with Gasteiger partial charge >= 0.3 is 0 Å². The van der Waals surface area contributed by atoms with E-state index in [1.807, 2.05) is 18.2 Å². The molecule has 1 fully saturated rings. The minimum absolute atomic E-state index is 0.0718. The van der Waals surface area contributed by atoms with E-state index in [0.29, 0.717) is 17.9 Å². The number of oxime groups is 1. The van der Waals surface area contributed by atoms with Crippen LogP contribution in [0.5, 0.6) is 0 Å². The second-order valence-corrected chi connectivity index (χ2v) is 5.50. The number of benzene rings is 1. The first-order valence-electron chi connectivity index (χ1n) is 6.60. The first-order chi connectivity index (χ1) is 9.57. The van der Waals surface area contributed by atoms with Gasteiger partial charge in [-0.1, -0.05) is 47.8 Å². The molecule has 0 aliphatic heterocycles. The zero-order valence-corrected chi connectivity index (χ0v) is 11.9. The van der Waals surface area contributed by atoms with Crippen molar-refractivity contribution >= 4 is 23.3 Å². The molecule has 0 aromatic heterocycles. The fourth-order valence-corrected chi connectivity index (χ4v) is 2.85. The Morgan fingerprint density at radius 3 is 2.65 bits per heavy atom. The highest BCUT2D eigenvalue weighted by molar-refractivity contribution is 6.31. The Morgan fingerprint density at radius 1 is 1.40 bits per heavy atom. The minimum atomic E-state index is -0.715. The van der Waals surface area contributed by atoms with Gasteiger partial charge < -0.3 is 16.3 Å². The van der Waals surface area contributed by atoms with Gasteiger partial charge in [-0.2, -0.15) is 0 Å². The Kier molecular flexibility index (Phi) is 4.49. The number of halogens is 1. The molecule has 1 aliphatic rings. The van der Waals surface area contributed by atoms with Crippen LogP contribution in [-0.2, 0) is 11.2 Å². The van der Waals surface area contributed by atoms with Crippen LogP contribution in [0.4, 0.5) is 0 Å². The van der Waals surface area contributed by atoms with Crippen molar-refractivity contribution in [2.45, 2.75) is 37.6 Å². The van der Waals surface area contributed by atoms with Gasteiger partial charge in [-0.05, 0) is 24.5 Å². The number of carbonyl (C=O) groups is 1. The lowest BCUT2D eigenvalue weighted by Gasteiger charge is -2.28. The number of hydrogen-bond acceptors (Lipinski definition) is 3. The quantitative estimate of drug-likeness (QED) is 0.344. The predicted molar refractivity (Wildman–Crippen MR) is 77.9 cm³/mol. The number of hydrogen-bond donors (Lipinski definition) is 3. The lowest BCUT2D eigenvalue weighted by atomic mass is 9.95. The van der Waals surface area contributed by atoms with Crippen LogP contribution in [0.2, 0.25) is 5.02 Å². The van der Waals surface area contributed by atoms with E-state index in [1.54, 1.807) is 6.07 Å². The van der Waals surface area contributed by atoms with Crippen molar-refractivity contribution in [2.24, 2.45) is 10.9 Å². The van der Waals surface area contributed by atoms with E-state index in [2.05, 4.69) is 10.5 Å². The zero-order chi connectivity index (χ0) is 14.6. The predicted octanol–water partition coefficient (Wildman–Crippen LogP) is 2.06. The third-order valence-corrected chi connectivity index (χ3v) is 4.11. The molecule has 0 atom stereocenters. The number of nitrogens with two attached hydrogens (primary N) is 1. The highest BCUT2D eigenvalue weighted by Gasteiger charge is 2.39. The summed E-state index contributed by atoms with van der Waals surface area (Å²) >= 11 is 6.04. The van der Waals surface area contributed by atoms with Crippen molar-refractivity contribution in [1.29, 1.82) is 0 Å². The minimum Gasteiger partial charge on any atom is -0.409 e. The van der Waals surface area contributed by atoms with Gasteiger partial charge in [0.25, 0.3) is 0 Å². The van der Waals surface area contributed by atoms with E-state index in [0.717, 1.165) is 18.4 Å². The van der Waals surface area contributed by atoms with E-state index < -0.39 is 5.54 Å². The molecule has 4 N–H and O–H groups in total. The molecule has 20 heavy (non-hydrogen) atoms. The van der Waals surface area contributed by atoms with Gasteiger partial charge in [-0.3, -0.25) is 4.79 Å². The van der Waals surface area contributed by atoms with Gasteiger partial charge in [0.2, 0.25) is 5.91 Å². The Hall–Kier alpha value is -1.75. The van der Waals surface area contributed by atoms with Gasteiger partial charge in [0.05, 0.1) is 6.42 Å². The monoisotopic (exact) mass is 295 g/mol. The molecule has 0 spiro atoms. The Morgan fingerprint density at radius 2 is 2.05 bits per heavy atom. The van der Waals surface area contributed by atoms with Crippen molar-refractivity contribution < 1.29 is 10.0 Å². The standard InChI is InChI=1S/C14H18ClN3O2/c15-11-6-2-1-5-10(11)9-12(19)17-14(13(16)18-20)7-3-4-8-14/h1-2,5-6,20H,3-4,7-9H2,(H2,16,18)(H,17,19). The molecule has 0 heterocycles. The summed E-state index contributed by atoms with van der Waals surface area (Å²) in [6.45, 7) is 0. The summed E-state index contributed by atoms with van der Waals surface area (Å²) in [6.07, 6.45) is 3.46. The van der Waals surface area contributed by atoms with Crippen molar-refractivity contribution in [3.63, 3.8) is 0 Å². The third kappa shape index (κ3) is 3.04. The molecule has 1 aromatic carbocycles. The maximum atomic E-state index is 12.2. The number of amidine groups is 1. The van der Waals surface area contributed by atoms with Crippen LogP contribution in [0.1, 0.15) is 31.2 Å². The van der Waals surface area contributed by atoms with E-state index in [1.165, 1.54) is 0 Å². The topological polar surface area (TPSA) is 87.7 Å². The molecule has 2 rings (SSSR count). The molecule has 0 bridgehead atoms. The first kappa shape index (κ1) is 14.7. The van der Waals surface area contributed by atoms with Crippen molar-refractivity contribution in [3.05, 3.63) is 34.9 Å². The second kappa shape index (κ2) is 6.13. The fourth-order valence-electron chi connectivity index (χ4n) is 2.65. The van der Waals surface area contributed by atoms with Crippen molar-refractivity contribution in [3.8, 4) is 0 Å². The second-order valence-electron chi connectivity index (χ2n) is 5.09. The summed E-state index contributed by atoms with van der Waals surface area (Å²) in [7, 11) is 0. The average Bonchev–Trinajstić information content (AvgIpc) is 2.90. The highest BCUT2D eigenvalue weighted by atomic mass is 35.5. The summed E-state index contributed by atoms with van der Waals surface area (Å²) in [5, 5.41) is 15.4. The van der Waals surface area contributed by atoms with Gasteiger partial charge in [-0.15, -0.1) is 0 Å². The van der Waals surface area contributed by atoms with Crippen molar-refractivity contribution in [1.82, 2.24) is 5.32 Å². The molecule has 0 unspecified atom stereocenters. The van der Waals surface area contributed by atoms with E-state index in [4.69, 9.17) is 22.5 Å². The lowest BCUT2D eigenvalue weighted by molar-refractivity contribution is -0.121. The summed E-state index contributed by atoms with van der Waals surface area (Å²) in [4.78, 5) is 12.2. The molecule has 0 saturated heterocycles. The molecule has 108 valence electrons. The molecule has 0 radical (unpaired) electrons. The molecule has 1 aliphatic carbocycles. The molecule has 6 heteroatoms. The number of amides is 1. The van der Waals surface area contributed by atoms with E-state index in [-0.39, 0.29) is 18.2 Å². The van der Waals surface area contributed by atoms with Crippen LogP contribution >= 0.6 is 11.6 Å². The fraction of sp³-hybridized carbons (Fsp3) is 0.429. The zero-order valence-electron chi connectivity index (χ0n) is 11.1. The summed E-state index contributed by atoms with van der Waals surface area (Å²) in [6, 6.07) is 7.22. The number of nitrogens with zero attached hydrogens (tertiary/aromatic N) is 1. The maximum absolute atomic E-state index is 12.2. The number of carbonyl (C=O) groups excluding carboxylic acids is 1. The van der Waals surface area contributed by atoms with Crippen LogP contribution in [-0.4, -0.2) is 22.5 Å². The number of nitrogens with one attached hydrogen (secondary N) is 1. The summed E-state index contributed by atoms with van der Waals surface area (Å²) in [5.41, 5.74) is 5.79. The van der Waals surface area contributed by atoms with Crippen LogP contribution in [0.3, 0.4) is 0 Å². The molecular formula is C14H18ClN3O2. The van der Waals surface area contributed by atoms with E-state index in [9.17, 15) is 4.79 Å². The summed E-state index contributed by atoms with van der Waals surface area (Å²) in [5.74, 6) is -0.103. The lowest BCUT2D eigenvalue weighted by Crippen LogP contribution is -2.56. The largest absolute Gasteiger partial charge is 0.409 e. The maximum Gasteiger partial charge on any atom is 0.225 e. The molecular weight excluding hydrogens is 278 g/mol. The Bertz CT molecular complexity index is 525. The summed E-state index contributed by atoms with van der Waals surface area (Å²) < 4.78 is 0. The number of rotatable bonds is 4. The van der Waals surface area contributed by atoms with Gasteiger partial charge in [0.15, 0.2) is 5.84 Å². The van der Waals surface area contributed by atoms with Gasteiger partial charge in [0, 0.05) is 5.02 Å². The van der Waals surface area contributed by atoms with Crippen LogP contribution in [0, 0.1) is 0 Å². The molecule has 1 amide bonds. The normalized spacial score (nSPS) is 17.9. The molecule has 5 nitrogen and oxygen atoms in total. The van der Waals surface area contributed by atoms with Gasteiger partial charge in [-0.25, -0.2) is 0 Å². The Balaban J connectivity index is 2.08. The average molecular weight is 296 g/mol. The highest BCUT2D eigenvalue weighted by Crippen LogP contribution is 2.30. The van der Waals surface area contributed by atoms with Gasteiger partial charge in [0.1, 0.15) is 5.54 Å². The first-order valence-corrected chi connectivity index (χ1v) is 6.97. The van der Waals surface area contributed by atoms with Crippen LogP contribution in [0.15, 0.2) is 29.4 Å². The molecule has 1 saturated carbocycles. The SMILES string of the molecule is N/C(=N/O)C1(NC(=O)Cc2ccccc2Cl)CCCC1. The molecule has 1 aromatic rings. The Labute approximate surface area is 122 Å². The van der Waals surface area contributed by atoms with Crippen LogP contribution < -0.4 is 11.1 Å². The smallest absolute Gasteiger partial charge is 0.225 e. The van der Waals surface area contributed by atoms with Crippen molar-refractivity contribution in [2.75, 3.05) is 0 Å². The van der Waals surface area contributed by atoms with Crippen LogP contribution in [0.25, 0.3) is 0 Å².